The van der Waals surface area contributed by atoms with Crippen LogP contribution in [0.3, 0.4) is 0 Å². The molecule has 1 aromatic heterocycles. The molecule has 2 aromatic rings. The average Bonchev–Trinajstić information content (AvgIpc) is 2.64. The standard InChI is InChI=1S/C12H9BrFNO2/c1-7-2-3-9(14)5-10(7)15-6-8(13)4-11(15)12(16)17/h2-6H,1H3,(H,16,17). The van der Waals surface area contributed by atoms with Crippen LogP contribution in [0.1, 0.15) is 16.1 Å². The average molecular weight is 298 g/mol. The minimum Gasteiger partial charge on any atom is -0.477 e. The molecule has 0 unspecified atom stereocenters. The van der Waals surface area contributed by atoms with E-state index in [1.807, 2.05) is 0 Å². The van der Waals surface area contributed by atoms with Crippen molar-refractivity contribution in [3.05, 3.63) is 52.0 Å². The molecule has 1 aromatic carbocycles. The van der Waals surface area contributed by atoms with Gasteiger partial charge in [0.1, 0.15) is 11.5 Å². The Hall–Kier alpha value is -1.62. The van der Waals surface area contributed by atoms with E-state index >= 15 is 0 Å². The molecule has 1 N–H and O–H groups in total. The van der Waals surface area contributed by atoms with E-state index in [1.54, 1.807) is 19.2 Å². The fourth-order valence-corrected chi connectivity index (χ4v) is 2.06. The van der Waals surface area contributed by atoms with Crippen molar-refractivity contribution in [2.45, 2.75) is 6.92 Å². The SMILES string of the molecule is Cc1ccc(F)cc1-n1cc(Br)cc1C(=O)O. The van der Waals surface area contributed by atoms with Gasteiger partial charge in [0.2, 0.25) is 0 Å². The molecule has 0 bridgehead atoms. The predicted octanol–water partition coefficient (Wildman–Crippen LogP) is 3.39. The van der Waals surface area contributed by atoms with Gasteiger partial charge in [-0.25, -0.2) is 9.18 Å². The molecule has 0 radical (unpaired) electrons. The van der Waals surface area contributed by atoms with Crippen molar-refractivity contribution in [1.29, 1.82) is 0 Å². The maximum atomic E-state index is 13.2. The second-order valence-corrected chi connectivity index (χ2v) is 4.57. The lowest BCUT2D eigenvalue weighted by molar-refractivity contribution is 0.0688. The summed E-state index contributed by atoms with van der Waals surface area (Å²) < 4.78 is 15.3. The summed E-state index contributed by atoms with van der Waals surface area (Å²) in [6.45, 7) is 1.80. The van der Waals surface area contributed by atoms with Crippen LogP contribution in [0.2, 0.25) is 0 Å². The number of halogens is 2. The molecule has 0 aliphatic carbocycles. The molecular formula is C12H9BrFNO2. The van der Waals surface area contributed by atoms with Gasteiger partial charge in [-0.05, 0) is 46.6 Å². The molecule has 1 heterocycles. The van der Waals surface area contributed by atoms with Crippen LogP contribution < -0.4 is 0 Å². The van der Waals surface area contributed by atoms with Gasteiger partial charge in [0, 0.05) is 10.7 Å². The molecular weight excluding hydrogens is 289 g/mol. The molecule has 0 saturated heterocycles. The van der Waals surface area contributed by atoms with Gasteiger partial charge in [-0.15, -0.1) is 0 Å². The molecule has 3 nitrogen and oxygen atoms in total. The summed E-state index contributed by atoms with van der Waals surface area (Å²) in [5.41, 5.74) is 1.41. The largest absolute Gasteiger partial charge is 0.477 e. The van der Waals surface area contributed by atoms with Crippen molar-refractivity contribution in [1.82, 2.24) is 4.57 Å². The number of nitrogens with zero attached hydrogens (tertiary/aromatic N) is 1. The van der Waals surface area contributed by atoms with Crippen LogP contribution in [0, 0.1) is 12.7 Å². The first-order valence-electron chi connectivity index (χ1n) is 4.87. The summed E-state index contributed by atoms with van der Waals surface area (Å²) in [5.74, 6) is -1.45. The zero-order chi connectivity index (χ0) is 12.6. The van der Waals surface area contributed by atoms with Crippen molar-refractivity contribution in [3.63, 3.8) is 0 Å². The highest BCUT2D eigenvalue weighted by Crippen LogP contribution is 2.23. The normalized spacial score (nSPS) is 10.5. The molecule has 0 aliphatic rings. The molecule has 88 valence electrons. The van der Waals surface area contributed by atoms with Crippen molar-refractivity contribution < 1.29 is 14.3 Å². The summed E-state index contributed by atoms with van der Waals surface area (Å²) in [6, 6.07) is 5.75. The molecule has 0 atom stereocenters. The molecule has 0 saturated carbocycles. The molecule has 0 amide bonds. The molecule has 0 fully saturated rings. The Balaban J connectivity index is 2.67. The van der Waals surface area contributed by atoms with E-state index in [2.05, 4.69) is 15.9 Å². The Morgan fingerprint density at radius 3 is 2.76 bits per heavy atom. The fourth-order valence-electron chi connectivity index (χ4n) is 1.64. The van der Waals surface area contributed by atoms with Gasteiger partial charge in [-0.2, -0.15) is 0 Å². The zero-order valence-corrected chi connectivity index (χ0v) is 10.5. The summed E-state index contributed by atoms with van der Waals surface area (Å²) in [4.78, 5) is 11.1. The van der Waals surface area contributed by atoms with E-state index in [-0.39, 0.29) is 5.69 Å². The Kier molecular flexibility index (Phi) is 3.02. The summed E-state index contributed by atoms with van der Waals surface area (Å²) in [6.07, 6.45) is 1.60. The predicted molar refractivity (Wildman–Crippen MR) is 65.1 cm³/mol. The third kappa shape index (κ3) is 2.24. The number of aryl methyl sites for hydroxylation is 1. The second kappa shape index (κ2) is 4.33. The van der Waals surface area contributed by atoms with Crippen LogP contribution in [0.15, 0.2) is 34.9 Å². The van der Waals surface area contributed by atoms with Gasteiger partial charge in [-0.3, -0.25) is 0 Å². The first-order valence-corrected chi connectivity index (χ1v) is 5.66. The number of rotatable bonds is 2. The first kappa shape index (κ1) is 11.9. The van der Waals surface area contributed by atoms with E-state index in [1.165, 1.54) is 22.8 Å². The number of benzene rings is 1. The molecule has 17 heavy (non-hydrogen) atoms. The second-order valence-electron chi connectivity index (χ2n) is 3.65. The van der Waals surface area contributed by atoms with Gasteiger partial charge in [-0.1, -0.05) is 6.07 Å². The minimum absolute atomic E-state index is 0.0885. The summed E-state index contributed by atoms with van der Waals surface area (Å²) >= 11 is 3.21. The van der Waals surface area contributed by atoms with E-state index in [4.69, 9.17) is 5.11 Å². The molecule has 0 aliphatic heterocycles. The van der Waals surface area contributed by atoms with Crippen molar-refractivity contribution >= 4 is 21.9 Å². The highest BCUT2D eigenvalue weighted by Gasteiger charge is 2.14. The number of carbonyl (C=O) groups is 1. The number of carboxylic acids is 1. The van der Waals surface area contributed by atoms with Crippen LogP contribution >= 0.6 is 15.9 Å². The van der Waals surface area contributed by atoms with Crippen LogP contribution in [0.25, 0.3) is 5.69 Å². The van der Waals surface area contributed by atoms with E-state index < -0.39 is 11.8 Å². The number of hydrogen-bond donors (Lipinski definition) is 1. The topological polar surface area (TPSA) is 42.2 Å². The lowest BCUT2D eigenvalue weighted by Crippen LogP contribution is -2.07. The van der Waals surface area contributed by atoms with Crippen LogP contribution in [-0.4, -0.2) is 15.6 Å². The Bertz CT molecular complexity index is 592. The third-order valence-corrected chi connectivity index (χ3v) is 2.87. The van der Waals surface area contributed by atoms with Crippen LogP contribution in [0.5, 0.6) is 0 Å². The number of aromatic nitrogens is 1. The molecule has 5 heteroatoms. The highest BCUT2D eigenvalue weighted by molar-refractivity contribution is 9.10. The first-order chi connectivity index (χ1) is 7.99. The van der Waals surface area contributed by atoms with Gasteiger partial charge < -0.3 is 9.67 Å². The van der Waals surface area contributed by atoms with Crippen molar-refractivity contribution in [2.75, 3.05) is 0 Å². The fraction of sp³-hybridized carbons (Fsp3) is 0.0833. The van der Waals surface area contributed by atoms with Gasteiger partial charge in [0.25, 0.3) is 0 Å². The van der Waals surface area contributed by atoms with Crippen molar-refractivity contribution in [3.8, 4) is 5.69 Å². The van der Waals surface area contributed by atoms with Gasteiger partial charge in [0.05, 0.1) is 5.69 Å². The minimum atomic E-state index is -1.06. The molecule has 2 rings (SSSR count). The Morgan fingerprint density at radius 1 is 1.41 bits per heavy atom. The number of aromatic carboxylic acids is 1. The quantitative estimate of drug-likeness (QED) is 0.923. The zero-order valence-electron chi connectivity index (χ0n) is 8.95. The summed E-state index contributed by atoms with van der Waals surface area (Å²) in [5, 5.41) is 9.07. The number of hydrogen-bond acceptors (Lipinski definition) is 1. The highest BCUT2D eigenvalue weighted by atomic mass is 79.9. The smallest absolute Gasteiger partial charge is 0.352 e. The van der Waals surface area contributed by atoms with Gasteiger partial charge in [0.15, 0.2) is 0 Å². The lowest BCUT2D eigenvalue weighted by atomic mass is 10.2. The van der Waals surface area contributed by atoms with Crippen LogP contribution in [-0.2, 0) is 0 Å². The number of carboxylic acid groups (broad SMARTS) is 1. The monoisotopic (exact) mass is 297 g/mol. The maximum absolute atomic E-state index is 13.2. The van der Waals surface area contributed by atoms with E-state index in [9.17, 15) is 9.18 Å². The van der Waals surface area contributed by atoms with Crippen LogP contribution in [0.4, 0.5) is 4.39 Å². The van der Waals surface area contributed by atoms with E-state index in [0.29, 0.717) is 10.2 Å². The Morgan fingerprint density at radius 2 is 2.12 bits per heavy atom. The van der Waals surface area contributed by atoms with Crippen molar-refractivity contribution in [2.24, 2.45) is 0 Å². The third-order valence-electron chi connectivity index (χ3n) is 2.44. The van der Waals surface area contributed by atoms with Gasteiger partial charge >= 0.3 is 5.97 Å². The molecule has 0 spiro atoms. The Labute approximate surface area is 106 Å². The lowest BCUT2D eigenvalue weighted by Gasteiger charge is -2.09. The maximum Gasteiger partial charge on any atom is 0.352 e. The van der Waals surface area contributed by atoms with E-state index in [0.717, 1.165) is 5.56 Å². The summed E-state index contributed by atoms with van der Waals surface area (Å²) in [7, 11) is 0.